The fourth-order valence-corrected chi connectivity index (χ4v) is 2.75. The van der Waals surface area contributed by atoms with Crippen LogP contribution < -0.4 is 0 Å². The molecule has 0 amide bonds. The number of hydrogen-bond donors (Lipinski definition) is 0. The molecule has 0 saturated carbocycles. The van der Waals surface area contributed by atoms with Gasteiger partial charge in [-0.2, -0.15) is 0 Å². The Kier molecular flexibility index (Phi) is 4.26. The summed E-state index contributed by atoms with van der Waals surface area (Å²) in [4.78, 5) is 5.06. The van der Waals surface area contributed by atoms with Crippen LogP contribution in [-0.4, -0.2) is 9.19 Å². The number of benzene rings is 1. The van der Waals surface area contributed by atoms with E-state index < -0.39 is 10.8 Å². The Balaban J connectivity index is 2.10. The minimum atomic E-state index is -1.02. The summed E-state index contributed by atoms with van der Waals surface area (Å²) in [5.74, 6) is 0.977. The summed E-state index contributed by atoms with van der Waals surface area (Å²) in [6.07, 6.45) is 1.73. The van der Waals surface area contributed by atoms with Crippen LogP contribution in [0.3, 0.4) is 0 Å². The van der Waals surface area contributed by atoms with Crippen LogP contribution in [0.1, 0.15) is 31.0 Å². The summed E-state index contributed by atoms with van der Waals surface area (Å²) in [5.41, 5.74) is 2.14. The first-order valence-corrected chi connectivity index (χ1v) is 7.37. The second kappa shape index (κ2) is 5.91. The molecule has 0 N–H and O–H groups in total. The Hall–Kier alpha value is -1.48. The van der Waals surface area contributed by atoms with Gasteiger partial charge in [0.2, 0.25) is 0 Å². The predicted octanol–water partition coefficient (Wildman–Crippen LogP) is 3.51. The van der Waals surface area contributed by atoms with Gasteiger partial charge in [0, 0.05) is 11.1 Å². The van der Waals surface area contributed by atoms with Crippen LogP contribution in [0.2, 0.25) is 0 Å². The fraction of sp³-hybridized carbons (Fsp3) is 0.267. The third kappa shape index (κ3) is 3.26. The number of rotatable bonds is 4. The van der Waals surface area contributed by atoms with E-state index >= 15 is 0 Å². The molecular weight excluding hydrogens is 242 g/mol. The van der Waals surface area contributed by atoms with Crippen LogP contribution in [0.4, 0.5) is 0 Å². The molecule has 0 aliphatic rings. The smallest absolute Gasteiger partial charge is 0.0705 e. The molecule has 1 aromatic carbocycles. The van der Waals surface area contributed by atoms with E-state index in [2.05, 4.69) is 31.0 Å². The molecule has 0 fully saturated rings. The summed E-state index contributed by atoms with van der Waals surface area (Å²) < 4.78 is 12.2. The maximum Gasteiger partial charge on any atom is 0.0705 e. The average molecular weight is 259 g/mol. The van der Waals surface area contributed by atoms with Gasteiger partial charge in [-0.15, -0.1) is 0 Å². The fourth-order valence-electron chi connectivity index (χ4n) is 1.71. The molecule has 3 heteroatoms. The van der Waals surface area contributed by atoms with E-state index in [1.54, 1.807) is 6.20 Å². The van der Waals surface area contributed by atoms with Gasteiger partial charge < -0.3 is 0 Å². The van der Waals surface area contributed by atoms with E-state index in [0.29, 0.717) is 11.7 Å². The molecule has 94 valence electrons. The quantitative estimate of drug-likeness (QED) is 0.841. The van der Waals surface area contributed by atoms with Crippen LogP contribution in [0.15, 0.2) is 53.6 Å². The molecule has 0 unspecified atom stereocenters. The molecule has 0 radical (unpaired) electrons. The standard InChI is InChI=1S/C15H17NOS/c1-12(2)13-6-8-15(9-7-13)18(17)11-14-5-3-4-10-16-14/h3-10,12H,11H2,1-2H3/t18-/m0/s1. The summed E-state index contributed by atoms with van der Waals surface area (Å²) in [7, 11) is -1.02. The second-order valence-electron chi connectivity index (χ2n) is 4.53. The lowest BCUT2D eigenvalue weighted by Gasteiger charge is -2.06. The van der Waals surface area contributed by atoms with Gasteiger partial charge in [0.15, 0.2) is 0 Å². The van der Waals surface area contributed by atoms with Crippen LogP contribution in [0, 0.1) is 0 Å². The van der Waals surface area contributed by atoms with Crippen molar-refractivity contribution in [3.63, 3.8) is 0 Å². The van der Waals surface area contributed by atoms with E-state index in [-0.39, 0.29) is 0 Å². The normalized spacial score (nSPS) is 12.6. The van der Waals surface area contributed by atoms with Gasteiger partial charge in [-0.1, -0.05) is 32.0 Å². The van der Waals surface area contributed by atoms with Crippen molar-refractivity contribution in [3.8, 4) is 0 Å². The topological polar surface area (TPSA) is 30.0 Å². The van der Waals surface area contributed by atoms with Crippen LogP contribution >= 0.6 is 0 Å². The first kappa shape index (κ1) is 13.0. The molecule has 0 spiro atoms. The molecule has 0 aliphatic carbocycles. The summed E-state index contributed by atoms with van der Waals surface area (Å²) in [6, 6.07) is 13.7. The van der Waals surface area contributed by atoms with Crippen LogP contribution in [-0.2, 0) is 16.6 Å². The van der Waals surface area contributed by atoms with Crippen molar-refractivity contribution in [2.45, 2.75) is 30.4 Å². The Bertz CT molecular complexity index is 520. The van der Waals surface area contributed by atoms with E-state index in [9.17, 15) is 4.21 Å². The molecular formula is C15H17NOS. The SMILES string of the molecule is CC(C)c1ccc([S@@](=O)Cc2ccccn2)cc1. The van der Waals surface area contributed by atoms with Gasteiger partial charge in [0.25, 0.3) is 0 Å². The van der Waals surface area contributed by atoms with E-state index in [1.165, 1.54) is 5.56 Å². The minimum Gasteiger partial charge on any atom is -0.260 e. The molecule has 18 heavy (non-hydrogen) atoms. The van der Waals surface area contributed by atoms with Crippen molar-refractivity contribution in [3.05, 3.63) is 59.9 Å². The van der Waals surface area contributed by atoms with Crippen LogP contribution in [0.5, 0.6) is 0 Å². The highest BCUT2D eigenvalue weighted by Gasteiger charge is 2.06. The molecule has 2 nitrogen and oxygen atoms in total. The van der Waals surface area contributed by atoms with Crippen molar-refractivity contribution in [2.75, 3.05) is 0 Å². The lowest BCUT2D eigenvalue weighted by Crippen LogP contribution is -1.98. The third-order valence-corrected chi connectivity index (χ3v) is 4.17. The molecule has 1 aromatic heterocycles. The largest absolute Gasteiger partial charge is 0.260 e. The van der Waals surface area contributed by atoms with Gasteiger partial charge >= 0.3 is 0 Å². The van der Waals surface area contributed by atoms with E-state index in [0.717, 1.165) is 10.6 Å². The van der Waals surface area contributed by atoms with Crippen molar-refractivity contribution in [2.24, 2.45) is 0 Å². The molecule has 2 aromatic rings. The maximum atomic E-state index is 12.2. The zero-order chi connectivity index (χ0) is 13.0. The molecule has 1 heterocycles. The van der Waals surface area contributed by atoms with Crippen molar-refractivity contribution in [1.29, 1.82) is 0 Å². The Morgan fingerprint density at radius 3 is 2.39 bits per heavy atom. The van der Waals surface area contributed by atoms with Gasteiger partial charge in [-0.3, -0.25) is 9.19 Å². The summed E-state index contributed by atoms with van der Waals surface area (Å²) in [5, 5.41) is 0. The van der Waals surface area contributed by atoms with E-state index in [1.807, 2.05) is 30.3 Å². The highest BCUT2D eigenvalue weighted by atomic mass is 32.2. The van der Waals surface area contributed by atoms with Crippen molar-refractivity contribution < 1.29 is 4.21 Å². The number of nitrogens with zero attached hydrogens (tertiary/aromatic N) is 1. The zero-order valence-electron chi connectivity index (χ0n) is 10.7. The minimum absolute atomic E-state index is 0.474. The lowest BCUT2D eigenvalue weighted by molar-refractivity contribution is 0.682. The van der Waals surface area contributed by atoms with Crippen molar-refractivity contribution in [1.82, 2.24) is 4.98 Å². The first-order chi connectivity index (χ1) is 8.66. The summed E-state index contributed by atoms with van der Waals surface area (Å²) in [6.45, 7) is 4.31. The highest BCUT2D eigenvalue weighted by molar-refractivity contribution is 7.84. The number of aromatic nitrogens is 1. The highest BCUT2D eigenvalue weighted by Crippen LogP contribution is 2.17. The predicted molar refractivity (Wildman–Crippen MR) is 74.9 cm³/mol. The number of pyridine rings is 1. The van der Waals surface area contributed by atoms with Gasteiger partial charge in [0.1, 0.15) is 0 Å². The molecule has 0 aliphatic heterocycles. The second-order valence-corrected chi connectivity index (χ2v) is 5.99. The molecule has 1 atom stereocenters. The van der Waals surface area contributed by atoms with Gasteiger partial charge in [0.05, 0.1) is 22.2 Å². The van der Waals surface area contributed by atoms with Gasteiger partial charge in [-0.05, 0) is 35.7 Å². The Labute approximate surface area is 111 Å². The van der Waals surface area contributed by atoms with Crippen molar-refractivity contribution >= 4 is 10.8 Å². The first-order valence-electron chi connectivity index (χ1n) is 6.05. The van der Waals surface area contributed by atoms with Crippen LogP contribution in [0.25, 0.3) is 0 Å². The Morgan fingerprint density at radius 1 is 1.11 bits per heavy atom. The molecule has 0 saturated heterocycles. The van der Waals surface area contributed by atoms with Gasteiger partial charge in [-0.25, -0.2) is 0 Å². The monoisotopic (exact) mass is 259 g/mol. The number of hydrogen-bond acceptors (Lipinski definition) is 2. The maximum absolute atomic E-state index is 12.2. The lowest BCUT2D eigenvalue weighted by atomic mass is 10.0. The van der Waals surface area contributed by atoms with E-state index in [4.69, 9.17) is 0 Å². The molecule has 2 rings (SSSR count). The summed E-state index contributed by atoms with van der Waals surface area (Å²) >= 11 is 0. The Morgan fingerprint density at radius 2 is 1.83 bits per heavy atom. The average Bonchev–Trinajstić information content (AvgIpc) is 2.40. The molecule has 0 bridgehead atoms. The zero-order valence-corrected chi connectivity index (χ0v) is 11.5. The third-order valence-electron chi connectivity index (χ3n) is 2.81.